The van der Waals surface area contributed by atoms with Crippen molar-refractivity contribution in [3.8, 4) is 11.8 Å². The molecular weight excluding hydrogens is 188 g/mol. The normalized spacial score (nSPS) is 10.2. The van der Waals surface area contributed by atoms with Crippen molar-refractivity contribution in [1.29, 1.82) is 5.26 Å². The van der Waals surface area contributed by atoms with Crippen LogP contribution in [-0.2, 0) is 6.54 Å². The maximum atomic E-state index is 9.13. The number of aromatic hydroxyl groups is 1. The molecule has 0 radical (unpaired) electrons. The summed E-state index contributed by atoms with van der Waals surface area (Å²) in [5.41, 5.74) is 1.12. The van der Waals surface area contributed by atoms with Crippen LogP contribution in [-0.4, -0.2) is 23.1 Å². The Morgan fingerprint density at radius 1 is 1.33 bits per heavy atom. The van der Waals surface area contributed by atoms with Crippen molar-refractivity contribution in [2.24, 2.45) is 0 Å². The van der Waals surface area contributed by atoms with Gasteiger partial charge in [0.05, 0.1) is 12.6 Å². The Balaban J connectivity index is 2.57. The molecule has 80 valence electrons. The third-order valence-corrected chi connectivity index (χ3v) is 2.18. The molecule has 0 bridgehead atoms. The first-order valence-corrected chi connectivity index (χ1v) is 5.13. The molecule has 15 heavy (non-hydrogen) atoms. The Kier molecular flexibility index (Phi) is 4.65. The largest absolute Gasteiger partial charge is 0.508 e. The maximum Gasteiger partial charge on any atom is 0.115 e. The molecule has 0 aliphatic rings. The first kappa shape index (κ1) is 11.5. The van der Waals surface area contributed by atoms with Crippen LogP contribution in [0.5, 0.6) is 5.75 Å². The fourth-order valence-electron chi connectivity index (χ4n) is 1.49. The highest BCUT2D eigenvalue weighted by atomic mass is 16.3. The molecule has 1 aromatic carbocycles. The molecular formula is C12H16N2O. The Labute approximate surface area is 90.6 Å². The Morgan fingerprint density at radius 3 is 2.53 bits per heavy atom. The standard InChI is InChI=1S/C12H16N2O/c1-2-8-14(9-7-13)10-11-3-5-12(15)6-4-11/h3-6,15H,2,8-10H2,1H3. The van der Waals surface area contributed by atoms with E-state index in [0.29, 0.717) is 6.54 Å². The summed E-state index contributed by atoms with van der Waals surface area (Å²) in [6.07, 6.45) is 1.04. The quantitative estimate of drug-likeness (QED) is 0.747. The molecule has 0 fully saturated rings. The van der Waals surface area contributed by atoms with E-state index in [1.807, 2.05) is 12.1 Å². The van der Waals surface area contributed by atoms with Crippen molar-refractivity contribution >= 4 is 0 Å². The van der Waals surface area contributed by atoms with E-state index in [-0.39, 0.29) is 5.75 Å². The first-order valence-electron chi connectivity index (χ1n) is 5.13. The van der Waals surface area contributed by atoms with E-state index in [2.05, 4.69) is 17.9 Å². The van der Waals surface area contributed by atoms with Gasteiger partial charge >= 0.3 is 0 Å². The lowest BCUT2D eigenvalue weighted by Gasteiger charge is -2.17. The lowest BCUT2D eigenvalue weighted by atomic mass is 10.2. The Bertz CT molecular complexity index is 326. The summed E-state index contributed by atoms with van der Waals surface area (Å²) in [6, 6.07) is 9.27. The Morgan fingerprint density at radius 2 is 2.00 bits per heavy atom. The number of hydrogen-bond acceptors (Lipinski definition) is 3. The highest BCUT2D eigenvalue weighted by molar-refractivity contribution is 5.25. The van der Waals surface area contributed by atoms with E-state index in [4.69, 9.17) is 10.4 Å². The van der Waals surface area contributed by atoms with E-state index in [1.54, 1.807) is 12.1 Å². The van der Waals surface area contributed by atoms with Crippen molar-refractivity contribution in [3.05, 3.63) is 29.8 Å². The monoisotopic (exact) mass is 204 g/mol. The predicted octanol–water partition coefficient (Wildman–Crippen LogP) is 2.13. The van der Waals surface area contributed by atoms with Crippen LogP contribution in [0.15, 0.2) is 24.3 Å². The van der Waals surface area contributed by atoms with Crippen molar-refractivity contribution < 1.29 is 5.11 Å². The van der Waals surface area contributed by atoms with Gasteiger partial charge < -0.3 is 5.11 Å². The van der Waals surface area contributed by atoms with Crippen LogP contribution >= 0.6 is 0 Å². The van der Waals surface area contributed by atoms with Crippen LogP contribution in [0.2, 0.25) is 0 Å². The maximum absolute atomic E-state index is 9.13. The van der Waals surface area contributed by atoms with Crippen LogP contribution in [0.1, 0.15) is 18.9 Å². The second kappa shape index (κ2) is 6.05. The summed E-state index contributed by atoms with van der Waals surface area (Å²) in [5.74, 6) is 0.279. The smallest absolute Gasteiger partial charge is 0.115 e. The number of phenolic OH excluding ortho intramolecular Hbond substituents is 1. The van der Waals surface area contributed by atoms with E-state index in [1.165, 1.54) is 0 Å². The van der Waals surface area contributed by atoms with Crippen LogP contribution < -0.4 is 0 Å². The number of benzene rings is 1. The molecule has 0 saturated carbocycles. The second-order valence-electron chi connectivity index (χ2n) is 3.54. The third-order valence-electron chi connectivity index (χ3n) is 2.18. The molecule has 0 amide bonds. The first-order chi connectivity index (χ1) is 7.26. The molecule has 0 aromatic heterocycles. The molecule has 1 aromatic rings. The molecule has 0 aliphatic carbocycles. The van der Waals surface area contributed by atoms with E-state index in [9.17, 15) is 0 Å². The zero-order valence-electron chi connectivity index (χ0n) is 8.98. The minimum atomic E-state index is 0.279. The van der Waals surface area contributed by atoms with Crippen molar-refractivity contribution in [2.75, 3.05) is 13.1 Å². The average molecular weight is 204 g/mol. The summed E-state index contributed by atoms with van der Waals surface area (Å²) in [6.45, 7) is 4.24. The molecule has 0 aliphatic heterocycles. The Hall–Kier alpha value is -1.53. The van der Waals surface area contributed by atoms with Gasteiger partial charge in [-0.15, -0.1) is 0 Å². The second-order valence-corrected chi connectivity index (χ2v) is 3.54. The van der Waals surface area contributed by atoms with Crippen LogP contribution in [0, 0.1) is 11.3 Å². The summed E-state index contributed by atoms with van der Waals surface area (Å²) in [4.78, 5) is 2.09. The highest BCUT2D eigenvalue weighted by Gasteiger charge is 2.03. The molecule has 1 N–H and O–H groups in total. The van der Waals surface area contributed by atoms with Gasteiger partial charge in [-0.3, -0.25) is 4.90 Å². The summed E-state index contributed by atoms with van der Waals surface area (Å²) >= 11 is 0. The summed E-state index contributed by atoms with van der Waals surface area (Å²) in [7, 11) is 0. The minimum Gasteiger partial charge on any atom is -0.508 e. The van der Waals surface area contributed by atoms with E-state index < -0.39 is 0 Å². The molecule has 3 heteroatoms. The van der Waals surface area contributed by atoms with E-state index in [0.717, 1.165) is 25.1 Å². The minimum absolute atomic E-state index is 0.279. The van der Waals surface area contributed by atoms with Gasteiger partial charge in [-0.05, 0) is 30.7 Å². The lowest BCUT2D eigenvalue weighted by molar-refractivity contribution is 0.298. The van der Waals surface area contributed by atoms with Gasteiger partial charge in [-0.2, -0.15) is 5.26 Å². The predicted molar refractivity (Wildman–Crippen MR) is 59.3 cm³/mol. The average Bonchev–Trinajstić information content (AvgIpc) is 2.22. The van der Waals surface area contributed by atoms with Crippen LogP contribution in [0.4, 0.5) is 0 Å². The molecule has 0 unspecified atom stereocenters. The zero-order chi connectivity index (χ0) is 11.1. The summed E-state index contributed by atoms with van der Waals surface area (Å²) < 4.78 is 0. The van der Waals surface area contributed by atoms with Gasteiger partial charge in [0.15, 0.2) is 0 Å². The molecule has 3 nitrogen and oxygen atoms in total. The van der Waals surface area contributed by atoms with Gasteiger partial charge in [-0.25, -0.2) is 0 Å². The fraction of sp³-hybridized carbons (Fsp3) is 0.417. The van der Waals surface area contributed by atoms with Crippen molar-refractivity contribution in [1.82, 2.24) is 4.90 Å². The number of nitriles is 1. The third kappa shape index (κ3) is 4.01. The van der Waals surface area contributed by atoms with E-state index >= 15 is 0 Å². The number of nitrogens with zero attached hydrogens (tertiary/aromatic N) is 2. The molecule has 0 atom stereocenters. The van der Waals surface area contributed by atoms with Crippen molar-refractivity contribution in [2.45, 2.75) is 19.9 Å². The molecule has 0 spiro atoms. The van der Waals surface area contributed by atoms with Gasteiger partial charge in [0.2, 0.25) is 0 Å². The number of phenols is 1. The highest BCUT2D eigenvalue weighted by Crippen LogP contribution is 2.11. The van der Waals surface area contributed by atoms with Gasteiger partial charge in [0, 0.05) is 6.54 Å². The molecule has 0 saturated heterocycles. The number of rotatable bonds is 5. The van der Waals surface area contributed by atoms with Crippen molar-refractivity contribution in [3.63, 3.8) is 0 Å². The molecule has 0 heterocycles. The summed E-state index contributed by atoms with van der Waals surface area (Å²) in [5, 5.41) is 17.8. The topological polar surface area (TPSA) is 47.3 Å². The van der Waals surface area contributed by atoms with Crippen LogP contribution in [0.3, 0.4) is 0 Å². The van der Waals surface area contributed by atoms with Crippen LogP contribution in [0.25, 0.3) is 0 Å². The SMILES string of the molecule is CCCN(CC#N)Cc1ccc(O)cc1. The van der Waals surface area contributed by atoms with Gasteiger partial charge in [0.1, 0.15) is 5.75 Å². The fourth-order valence-corrected chi connectivity index (χ4v) is 1.49. The van der Waals surface area contributed by atoms with Gasteiger partial charge in [0.25, 0.3) is 0 Å². The van der Waals surface area contributed by atoms with Gasteiger partial charge in [-0.1, -0.05) is 19.1 Å². The lowest BCUT2D eigenvalue weighted by Crippen LogP contribution is -2.24. The molecule has 1 rings (SSSR count). The zero-order valence-corrected chi connectivity index (χ0v) is 8.98. The number of hydrogen-bond donors (Lipinski definition) is 1.